The van der Waals surface area contributed by atoms with Crippen LogP contribution in [0.15, 0.2) is 51.7 Å². The Bertz CT molecular complexity index is 912. The van der Waals surface area contributed by atoms with Gasteiger partial charge in [0.15, 0.2) is 5.58 Å². The number of fused-ring (bicyclic) bond motifs is 1. The number of nitrogens with one attached hydrogen (secondary N) is 2. The molecule has 118 valence electrons. The van der Waals surface area contributed by atoms with Gasteiger partial charge in [0.2, 0.25) is 0 Å². The summed E-state index contributed by atoms with van der Waals surface area (Å²) in [6.45, 7) is 6.38. The standard InChI is InChI=1S/C18H18N2O3/c1-18(2,3)12-6-4-11(5-7-12)16(21)19-13-8-9-14-15(10-13)23-17(22)20-14/h4-10H,1-3H3,(H,19,21)(H,20,22). The van der Waals surface area contributed by atoms with Gasteiger partial charge in [0, 0.05) is 17.3 Å². The minimum atomic E-state index is -0.513. The predicted molar refractivity (Wildman–Crippen MR) is 89.9 cm³/mol. The Morgan fingerprint density at radius 1 is 1.09 bits per heavy atom. The Kier molecular flexibility index (Phi) is 3.56. The lowest BCUT2D eigenvalue weighted by molar-refractivity contribution is 0.102. The van der Waals surface area contributed by atoms with E-state index in [0.29, 0.717) is 22.4 Å². The third-order valence-electron chi connectivity index (χ3n) is 3.69. The van der Waals surface area contributed by atoms with E-state index in [1.54, 1.807) is 18.2 Å². The second-order valence-corrected chi connectivity index (χ2v) is 6.51. The topological polar surface area (TPSA) is 75.1 Å². The summed E-state index contributed by atoms with van der Waals surface area (Å²) in [5.74, 6) is -0.719. The lowest BCUT2D eigenvalue weighted by Gasteiger charge is -2.19. The molecule has 0 unspecified atom stereocenters. The minimum Gasteiger partial charge on any atom is -0.408 e. The van der Waals surface area contributed by atoms with E-state index in [-0.39, 0.29) is 11.3 Å². The number of aromatic amines is 1. The highest BCUT2D eigenvalue weighted by Gasteiger charge is 2.14. The largest absolute Gasteiger partial charge is 0.417 e. The summed E-state index contributed by atoms with van der Waals surface area (Å²) in [6, 6.07) is 12.6. The molecule has 5 heteroatoms. The first kappa shape index (κ1) is 15.1. The molecule has 0 aliphatic heterocycles. The van der Waals surface area contributed by atoms with Crippen LogP contribution in [0.5, 0.6) is 0 Å². The fourth-order valence-corrected chi connectivity index (χ4v) is 2.35. The zero-order valence-electron chi connectivity index (χ0n) is 13.3. The number of benzene rings is 2. The minimum absolute atomic E-state index is 0.0475. The summed E-state index contributed by atoms with van der Waals surface area (Å²) in [5.41, 5.74) is 3.38. The second kappa shape index (κ2) is 5.43. The SMILES string of the molecule is CC(C)(C)c1ccc(C(=O)Nc2ccc3[nH]c(=O)oc3c2)cc1. The summed E-state index contributed by atoms with van der Waals surface area (Å²) >= 11 is 0. The Morgan fingerprint density at radius 2 is 1.78 bits per heavy atom. The molecule has 0 radical (unpaired) electrons. The molecular formula is C18H18N2O3. The smallest absolute Gasteiger partial charge is 0.408 e. The van der Waals surface area contributed by atoms with Crippen molar-refractivity contribution in [3.8, 4) is 0 Å². The van der Waals surface area contributed by atoms with Crippen LogP contribution in [0, 0.1) is 0 Å². The van der Waals surface area contributed by atoms with E-state index in [4.69, 9.17) is 4.42 Å². The van der Waals surface area contributed by atoms with Crippen molar-refractivity contribution >= 4 is 22.7 Å². The molecule has 0 fully saturated rings. The molecule has 0 aliphatic rings. The first-order chi connectivity index (χ1) is 10.8. The van der Waals surface area contributed by atoms with Crippen LogP contribution in [0.3, 0.4) is 0 Å². The summed E-state index contributed by atoms with van der Waals surface area (Å²) in [4.78, 5) is 26.0. The summed E-state index contributed by atoms with van der Waals surface area (Å²) in [6.07, 6.45) is 0. The highest BCUT2D eigenvalue weighted by Crippen LogP contribution is 2.23. The van der Waals surface area contributed by atoms with E-state index < -0.39 is 5.76 Å². The monoisotopic (exact) mass is 310 g/mol. The van der Waals surface area contributed by atoms with Gasteiger partial charge in [0.25, 0.3) is 5.91 Å². The van der Waals surface area contributed by atoms with Crippen molar-refractivity contribution in [1.82, 2.24) is 4.98 Å². The first-order valence-corrected chi connectivity index (χ1v) is 7.38. The van der Waals surface area contributed by atoms with Crippen LogP contribution < -0.4 is 11.1 Å². The van der Waals surface area contributed by atoms with Crippen LogP contribution in [0.4, 0.5) is 5.69 Å². The molecule has 1 aromatic heterocycles. The van der Waals surface area contributed by atoms with E-state index >= 15 is 0 Å². The molecule has 23 heavy (non-hydrogen) atoms. The van der Waals surface area contributed by atoms with Crippen molar-refractivity contribution < 1.29 is 9.21 Å². The number of aromatic nitrogens is 1. The lowest BCUT2D eigenvalue weighted by Crippen LogP contribution is -2.14. The maximum atomic E-state index is 12.3. The van der Waals surface area contributed by atoms with E-state index in [1.807, 2.05) is 24.3 Å². The Balaban J connectivity index is 1.81. The molecule has 0 bridgehead atoms. The molecule has 3 rings (SSSR count). The van der Waals surface area contributed by atoms with Crippen molar-refractivity contribution in [2.45, 2.75) is 26.2 Å². The van der Waals surface area contributed by atoms with Crippen LogP contribution in [0.25, 0.3) is 11.1 Å². The molecule has 1 heterocycles. The number of hydrogen-bond donors (Lipinski definition) is 2. The Hall–Kier alpha value is -2.82. The second-order valence-electron chi connectivity index (χ2n) is 6.51. The van der Waals surface area contributed by atoms with Crippen LogP contribution in [-0.2, 0) is 5.41 Å². The number of oxazole rings is 1. The number of carbonyl (C=O) groups excluding carboxylic acids is 1. The maximum Gasteiger partial charge on any atom is 0.417 e. The Labute approximate surface area is 133 Å². The van der Waals surface area contributed by atoms with Gasteiger partial charge in [-0.25, -0.2) is 4.79 Å². The molecule has 5 nitrogen and oxygen atoms in total. The summed E-state index contributed by atoms with van der Waals surface area (Å²) < 4.78 is 4.99. The van der Waals surface area contributed by atoms with Crippen molar-refractivity contribution in [3.05, 3.63) is 64.1 Å². The maximum absolute atomic E-state index is 12.3. The van der Waals surface area contributed by atoms with Gasteiger partial charge in [-0.05, 0) is 35.2 Å². The first-order valence-electron chi connectivity index (χ1n) is 7.38. The molecule has 0 saturated carbocycles. The van der Waals surface area contributed by atoms with Gasteiger partial charge in [-0.15, -0.1) is 0 Å². The highest BCUT2D eigenvalue weighted by molar-refractivity contribution is 6.04. The number of rotatable bonds is 2. The third-order valence-corrected chi connectivity index (χ3v) is 3.69. The summed E-state index contributed by atoms with van der Waals surface area (Å²) in [7, 11) is 0. The van der Waals surface area contributed by atoms with Crippen LogP contribution in [-0.4, -0.2) is 10.9 Å². The van der Waals surface area contributed by atoms with Gasteiger partial charge in [-0.1, -0.05) is 32.9 Å². The fourth-order valence-electron chi connectivity index (χ4n) is 2.35. The normalized spacial score (nSPS) is 11.6. The van der Waals surface area contributed by atoms with E-state index in [0.717, 1.165) is 0 Å². The molecule has 3 aromatic rings. The molecule has 1 amide bonds. The van der Waals surface area contributed by atoms with Gasteiger partial charge in [-0.2, -0.15) is 0 Å². The Morgan fingerprint density at radius 3 is 2.43 bits per heavy atom. The third kappa shape index (κ3) is 3.18. The fraction of sp³-hybridized carbons (Fsp3) is 0.222. The van der Waals surface area contributed by atoms with Gasteiger partial charge in [0.05, 0.1) is 5.52 Å². The molecule has 0 saturated heterocycles. The van der Waals surface area contributed by atoms with Crippen LogP contribution >= 0.6 is 0 Å². The quantitative estimate of drug-likeness (QED) is 0.758. The number of carbonyl (C=O) groups is 1. The average molecular weight is 310 g/mol. The average Bonchev–Trinajstić information content (AvgIpc) is 2.86. The number of H-pyrrole nitrogens is 1. The van der Waals surface area contributed by atoms with Crippen molar-refractivity contribution in [3.63, 3.8) is 0 Å². The molecule has 2 aromatic carbocycles. The van der Waals surface area contributed by atoms with Crippen LogP contribution in [0.2, 0.25) is 0 Å². The number of anilines is 1. The van der Waals surface area contributed by atoms with Gasteiger partial charge in [-0.3, -0.25) is 9.78 Å². The number of hydrogen-bond acceptors (Lipinski definition) is 3. The zero-order valence-corrected chi connectivity index (χ0v) is 13.3. The molecule has 0 spiro atoms. The molecule has 0 atom stereocenters. The van der Waals surface area contributed by atoms with Gasteiger partial charge < -0.3 is 9.73 Å². The summed E-state index contributed by atoms with van der Waals surface area (Å²) in [5, 5.41) is 2.80. The molecule has 2 N–H and O–H groups in total. The molecule has 0 aliphatic carbocycles. The van der Waals surface area contributed by atoms with E-state index in [9.17, 15) is 9.59 Å². The molecular weight excluding hydrogens is 292 g/mol. The lowest BCUT2D eigenvalue weighted by atomic mass is 9.87. The van der Waals surface area contributed by atoms with Gasteiger partial charge >= 0.3 is 5.76 Å². The van der Waals surface area contributed by atoms with Crippen molar-refractivity contribution in [2.75, 3.05) is 5.32 Å². The number of amides is 1. The zero-order chi connectivity index (χ0) is 16.6. The van der Waals surface area contributed by atoms with E-state index in [2.05, 4.69) is 31.1 Å². The van der Waals surface area contributed by atoms with Crippen molar-refractivity contribution in [2.24, 2.45) is 0 Å². The highest BCUT2D eigenvalue weighted by atomic mass is 16.4. The van der Waals surface area contributed by atoms with E-state index in [1.165, 1.54) is 5.56 Å². The van der Waals surface area contributed by atoms with Gasteiger partial charge in [0.1, 0.15) is 0 Å². The van der Waals surface area contributed by atoms with Crippen LogP contribution in [0.1, 0.15) is 36.7 Å². The predicted octanol–water partition coefficient (Wildman–Crippen LogP) is 3.67. The van der Waals surface area contributed by atoms with Crippen molar-refractivity contribution in [1.29, 1.82) is 0 Å².